The fourth-order valence-electron chi connectivity index (χ4n) is 5.08. The van der Waals surface area contributed by atoms with E-state index in [4.69, 9.17) is 21.4 Å². The molecule has 9 nitrogen and oxygen atoms in total. The first-order valence-corrected chi connectivity index (χ1v) is 13.4. The summed E-state index contributed by atoms with van der Waals surface area (Å²) in [6, 6.07) is 7.48. The lowest BCUT2D eigenvalue weighted by Gasteiger charge is -2.38. The number of nitrogens with one attached hydrogen (secondary N) is 1. The SMILES string of the molecule is CC1CCc2ncnc(N3CCN(C(=O)C(CNCCCOCCC(=O)O)c4ccc(Cl)cc4)CC3)c21.Cl.Cl. The van der Waals surface area contributed by atoms with Crippen molar-refractivity contribution in [1.82, 2.24) is 20.2 Å². The standard InChI is InChI=1S/C27H36ClN5O4.2ClH/c1-19-3-8-23-25(19)26(31-18-30-23)32-11-13-33(14-12-32)27(36)22(20-4-6-21(28)7-5-20)17-29-10-2-15-37-16-9-24(34)35;;/h4-7,18-19,22,29H,2-3,8-17H2,1H3,(H,34,35);2*1H. The maximum Gasteiger partial charge on any atom is 0.305 e. The van der Waals surface area contributed by atoms with Crippen molar-refractivity contribution < 1.29 is 19.4 Å². The number of aryl methyl sites for hydroxylation is 1. The number of carbonyl (C=O) groups is 2. The highest BCUT2D eigenvalue weighted by Crippen LogP contribution is 2.37. The third-order valence-electron chi connectivity index (χ3n) is 7.16. The molecule has 0 bridgehead atoms. The number of aromatic nitrogens is 2. The predicted molar refractivity (Wildman–Crippen MR) is 157 cm³/mol. The number of carbonyl (C=O) groups excluding carboxylic acids is 1. The van der Waals surface area contributed by atoms with E-state index in [9.17, 15) is 9.59 Å². The van der Waals surface area contributed by atoms with Crippen LogP contribution < -0.4 is 10.2 Å². The zero-order chi connectivity index (χ0) is 26.2. The molecule has 2 atom stereocenters. The number of piperazine rings is 1. The number of rotatable bonds is 12. The second-order valence-corrected chi connectivity index (χ2v) is 10.2. The first kappa shape index (κ1) is 33.0. The number of anilines is 1. The molecule has 39 heavy (non-hydrogen) atoms. The van der Waals surface area contributed by atoms with E-state index in [0.717, 1.165) is 49.4 Å². The van der Waals surface area contributed by atoms with E-state index in [1.54, 1.807) is 6.33 Å². The van der Waals surface area contributed by atoms with Crippen LogP contribution in [0.1, 0.15) is 54.8 Å². The second kappa shape index (κ2) is 16.2. The van der Waals surface area contributed by atoms with Crippen molar-refractivity contribution in [2.45, 2.75) is 44.4 Å². The van der Waals surface area contributed by atoms with Gasteiger partial charge in [-0.25, -0.2) is 9.97 Å². The van der Waals surface area contributed by atoms with Crippen molar-refractivity contribution in [3.63, 3.8) is 0 Å². The third kappa shape index (κ3) is 8.91. The first-order valence-electron chi connectivity index (χ1n) is 13.1. The summed E-state index contributed by atoms with van der Waals surface area (Å²) in [5.41, 5.74) is 3.37. The average molecular weight is 603 g/mol. The van der Waals surface area contributed by atoms with Crippen LogP contribution in [0.25, 0.3) is 0 Å². The molecule has 1 fully saturated rings. The van der Waals surface area contributed by atoms with Gasteiger partial charge in [-0.3, -0.25) is 9.59 Å². The number of hydrogen-bond acceptors (Lipinski definition) is 7. The van der Waals surface area contributed by atoms with Gasteiger partial charge in [0.1, 0.15) is 12.1 Å². The molecule has 216 valence electrons. The highest BCUT2D eigenvalue weighted by atomic mass is 35.5. The molecule has 1 aliphatic heterocycles. The van der Waals surface area contributed by atoms with Crippen LogP contribution in [-0.4, -0.2) is 84.3 Å². The number of amides is 1. The number of halogens is 3. The van der Waals surface area contributed by atoms with Crippen LogP contribution in [0.5, 0.6) is 0 Å². The van der Waals surface area contributed by atoms with Gasteiger partial charge in [-0.05, 0) is 49.4 Å². The Labute approximate surface area is 247 Å². The molecular weight excluding hydrogens is 565 g/mol. The van der Waals surface area contributed by atoms with E-state index in [1.807, 2.05) is 29.2 Å². The number of hydrogen-bond donors (Lipinski definition) is 2. The highest BCUT2D eigenvalue weighted by molar-refractivity contribution is 6.30. The minimum absolute atomic E-state index is 0. The normalized spacial score (nSPS) is 17.1. The van der Waals surface area contributed by atoms with Gasteiger partial charge in [0.05, 0.1) is 18.9 Å². The Hall–Kier alpha value is -2.17. The van der Waals surface area contributed by atoms with Gasteiger partial charge in [-0.15, -0.1) is 24.8 Å². The van der Waals surface area contributed by atoms with Crippen LogP contribution in [0.2, 0.25) is 5.02 Å². The summed E-state index contributed by atoms with van der Waals surface area (Å²) in [6.07, 6.45) is 4.54. The van der Waals surface area contributed by atoms with E-state index < -0.39 is 5.97 Å². The van der Waals surface area contributed by atoms with Gasteiger partial charge in [-0.2, -0.15) is 0 Å². The summed E-state index contributed by atoms with van der Waals surface area (Å²) in [5.74, 6) is 0.421. The van der Waals surface area contributed by atoms with Crippen molar-refractivity contribution in [3.05, 3.63) is 52.4 Å². The fraction of sp³-hybridized carbons (Fsp3) is 0.556. The van der Waals surface area contributed by atoms with E-state index in [0.29, 0.717) is 43.7 Å². The molecule has 2 aliphatic rings. The molecule has 2 aromatic rings. The summed E-state index contributed by atoms with van der Waals surface area (Å²) in [6.45, 7) is 6.90. The van der Waals surface area contributed by atoms with E-state index >= 15 is 0 Å². The quantitative estimate of drug-likeness (QED) is 0.352. The number of aliphatic carboxylic acids is 1. The topological polar surface area (TPSA) is 108 Å². The van der Waals surface area contributed by atoms with Crippen molar-refractivity contribution in [2.24, 2.45) is 0 Å². The fourth-order valence-corrected chi connectivity index (χ4v) is 5.21. The molecule has 1 aliphatic carbocycles. The molecule has 2 N–H and O–H groups in total. The molecule has 4 rings (SSSR count). The number of benzene rings is 1. The Morgan fingerprint density at radius 3 is 2.54 bits per heavy atom. The maximum atomic E-state index is 13.7. The van der Waals surface area contributed by atoms with Crippen LogP contribution in [0.4, 0.5) is 5.82 Å². The molecule has 0 spiro atoms. The van der Waals surface area contributed by atoms with Gasteiger partial charge in [0.25, 0.3) is 0 Å². The van der Waals surface area contributed by atoms with Gasteiger partial charge in [0.2, 0.25) is 5.91 Å². The monoisotopic (exact) mass is 601 g/mol. The number of ether oxygens (including phenoxy) is 1. The van der Waals surface area contributed by atoms with Crippen molar-refractivity contribution in [2.75, 3.05) is 57.4 Å². The van der Waals surface area contributed by atoms with E-state index in [2.05, 4.69) is 27.1 Å². The van der Waals surface area contributed by atoms with Gasteiger partial charge in [-0.1, -0.05) is 30.7 Å². The molecule has 1 aromatic heterocycles. The Balaban J connectivity index is 0.00000267. The minimum atomic E-state index is -0.862. The van der Waals surface area contributed by atoms with Gasteiger partial charge < -0.3 is 25.0 Å². The largest absolute Gasteiger partial charge is 0.481 e. The molecule has 0 radical (unpaired) electrons. The van der Waals surface area contributed by atoms with Crippen molar-refractivity contribution >= 4 is 54.1 Å². The summed E-state index contributed by atoms with van der Waals surface area (Å²) in [7, 11) is 0. The van der Waals surface area contributed by atoms with Crippen LogP contribution >= 0.6 is 36.4 Å². The van der Waals surface area contributed by atoms with E-state index in [-0.39, 0.29) is 49.7 Å². The molecule has 2 unspecified atom stereocenters. The number of carboxylic acid groups (broad SMARTS) is 1. The van der Waals surface area contributed by atoms with Crippen LogP contribution in [0.3, 0.4) is 0 Å². The Kier molecular flexibility index (Phi) is 13.7. The lowest BCUT2D eigenvalue weighted by molar-refractivity contribution is -0.138. The second-order valence-electron chi connectivity index (χ2n) is 9.73. The minimum Gasteiger partial charge on any atom is -0.481 e. The molecule has 1 amide bonds. The lowest BCUT2D eigenvalue weighted by Crippen LogP contribution is -2.51. The third-order valence-corrected chi connectivity index (χ3v) is 7.42. The predicted octanol–water partition coefficient (Wildman–Crippen LogP) is 3.93. The maximum absolute atomic E-state index is 13.7. The Morgan fingerprint density at radius 1 is 1.13 bits per heavy atom. The highest BCUT2D eigenvalue weighted by Gasteiger charge is 2.31. The van der Waals surface area contributed by atoms with Gasteiger partial charge in [0.15, 0.2) is 0 Å². The average Bonchev–Trinajstić information content (AvgIpc) is 3.29. The number of carboxylic acids is 1. The van der Waals surface area contributed by atoms with Crippen molar-refractivity contribution in [1.29, 1.82) is 0 Å². The summed E-state index contributed by atoms with van der Waals surface area (Å²) in [4.78, 5) is 37.6. The first-order chi connectivity index (χ1) is 17.9. The number of fused-ring (bicyclic) bond motifs is 1. The number of nitrogens with zero attached hydrogens (tertiary/aromatic N) is 4. The smallest absolute Gasteiger partial charge is 0.305 e. The van der Waals surface area contributed by atoms with Crippen LogP contribution in [0, 0.1) is 0 Å². The van der Waals surface area contributed by atoms with Crippen LogP contribution in [0.15, 0.2) is 30.6 Å². The Bertz CT molecular complexity index is 1070. The van der Waals surface area contributed by atoms with Crippen molar-refractivity contribution in [3.8, 4) is 0 Å². The molecule has 1 saturated heterocycles. The zero-order valence-electron chi connectivity index (χ0n) is 22.2. The van der Waals surface area contributed by atoms with Gasteiger partial charge >= 0.3 is 5.97 Å². The molecule has 1 aromatic carbocycles. The molecular formula is C27H38Cl3N5O4. The summed E-state index contributed by atoms with van der Waals surface area (Å²) in [5, 5.41) is 12.7. The van der Waals surface area contributed by atoms with Gasteiger partial charge in [0, 0.05) is 55.6 Å². The summed E-state index contributed by atoms with van der Waals surface area (Å²) < 4.78 is 5.35. The Morgan fingerprint density at radius 2 is 1.85 bits per heavy atom. The molecule has 12 heteroatoms. The van der Waals surface area contributed by atoms with E-state index in [1.165, 1.54) is 5.56 Å². The van der Waals surface area contributed by atoms with Crippen LogP contribution in [-0.2, 0) is 20.7 Å². The molecule has 2 heterocycles. The lowest BCUT2D eigenvalue weighted by atomic mass is 9.97. The molecule has 0 saturated carbocycles. The summed E-state index contributed by atoms with van der Waals surface area (Å²) >= 11 is 6.10. The zero-order valence-corrected chi connectivity index (χ0v) is 24.6.